The van der Waals surface area contributed by atoms with Crippen molar-refractivity contribution < 1.29 is 0 Å². The Labute approximate surface area is 146 Å². The second-order valence-electron chi connectivity index (χ2n) is 6.15. The Morgan fingerprint density at radius 3 is 2.72 bits per heavy atom. The molecule has 0 bridgehead atoms. The predicted molar refractivity (Wildman–Crippen MR) is 101 cm³/mol. The average Bonchev–Trinajstić information content (AvgIpc) is 2.65. The van der Waals surface area contributed by atoms with Crippen LogP contribution >= 0.6 is 0 Å². The fourth-order valence-corrected chi connectivity index (χ4v) is 2.82. The van der Waals surface area contributed by atoms with Gasteiger partial charge in [-0.05, 0) is 31.6 Å². The lowest BCUT2D eigenvalue weighted by atomic mass is 10.1. The molecule has 3 aromatic rings. The van der Waals surface area contributed by atoms with Crippen LogP contribution in [0.4, 0.5) is 5.82 Å². The highest BCUT2D eigenvalue weighted by Gasteiger charge is 2.13. The van der Waals surface area contributed by atoms with Gasteiger partial charge in [0, 0.05) is 35.1 Å². The zero-order valence-electron chi connectivity index (χ0n) is 14.2. The molecule has 0 radical (unpaired) electrons. The minimum absolute atomic E-state index is 0.691. The van der Waals surface area contributed by atoms with Crippen LogP contribution in [0.2, 0.25) is 0 Å². The lowest BCUT2D eigenvalue weighted by Gasteiger charge is -2.20. The van der Waals surface area contributed by atoms with E-state index in [-0.39, 0.29) is 0 Å². The molecule has 0 fully saturated rings. The largest absolute Gasteiger partial charge is 0.385 e. The summed E-state index contributed by atoms with van der Waals surface area (Å²) in [5.74, 6) is 1.49. The molecule has 5 heteroatoms. The maximum atomic E-state index is 4.79. The van der Waals surface area contributed by atoms with Crippen LogP contribution in [0.3, 0.4) is 0 Å². The Morgan fingerprint density at radius 1 is 1.04 bits per heavy atom. The van der Waals surface area contributed by atoms with E-state index in [1.807, 2.05) is 36.4 Å². The highest BCUT2D eigenvalue weighted by molar-refractivity contribution is 5.90. The first-order valence-corrected chi connectivity index (χ1v) is 8.27. The molecule has 0 unspecified atom stereocenters. The maximum Gasteiger partial charge on any atom is 0.162 e. The van der Waals surface area contributed by atoms with Crippen molar-refractivity contribution in [3.05, 3.63) is 71.8 Å². The zero-order valence-corrected chi connectivity index (χ0v) is 14.2. The first-order chi connectivity index (χ1) is 12.2. The Kier molecular flexibility index (Phi) is 3.90. The van der Waals surface area contributed by atoms with Crippen molar-refractivity contribution >= 4 is 16.7 Å². The van der Waals surface area contributed by atoms with Gasteiger partial charge in [0.1, 0.15) is 5.82 Å². The monoisotopic (exact) mass is 329 g/mol. The number of benzene rings is 1. The van der Waals surface area contributed by atoms with Gasteiger partial charge in [-0.1, -0.05) is 30.3 Å². The molecule has 0 saturated carbocycles. The van der Waals surface area contributed by atoms with E-state index < -0.39 is 0 Å². The molecule has 2 N–H and O–H groups in total. The fraction of sp³-hybridized carbons (Fsp3) is 0.150. The van der Waals surface area contributed by atoms with E-state index >= 15 is 0 Å². The van der Waals surface area contributed by atoms with Crippen LogP contribution in [0.5, 0.6) is 0 Å². The number of dihydropyridines is 1. The number of rotatable bonds is 3. The number of hydrogen-bond acceptors (Lipinski definition) is 5. The molecular weight excluding hydrogens is 310 g/mol. The molecule has 3 heterocycles. The van der Waals surface area contributed by atoms with Gasteiger partial charge in [0.15, 0.2) is 5.82 Å². The number of hydrogen-bond donors (Lipinski definition) is 2. The van der Waals surface area contributed by atoms with Crippen LogP contribution in [0.1, 0.15) is 13.8 Å². The van der Waals surface area contributed by atoms with Crippen LogP contribution in [-0.2, 0) is 0 Å². The van der Waals surface area contributed by atoms with Crippen molar-refractivity contribution in [3.63, 3.8) is 0 Å². The van der Waals surface area contributed by atoms with Crippen molar-refractivity contribution in [2.45, 2.75) is 13.8 Å². The molecular formula is C20H19N5. The summed E-state index contributed by atoms with van der Waals surface area (Å²) in [5, 5.41) is 7.80. The number of anilines is 1. The SMILES string of the molecule is CC1=CC(Nc2nc(-c3ccccc3)nc3cnccc23)=C(C)CN1. The smallest absolute Gasteiger partial charge is 0.162 e. The second-order valence-corrected chi connectivity index (χ2v) is 6.15. The summed E-state index contributed by atoms with van der Waals surface area (Å²) in [4.78, 5) is 13.7. The van der Waals surface area contributed by atoms with Gasteiger partial charge in [0.05, 0.1) is 11.7 Å². The van der Waals surface area contributed by atoms with Gasteiger partial charge >= 0.3 is 0 Å². The van der Waals surface area contributed by atoms with E-state index in [9.17, 15) is 0 Å². The summed E-state index contributed by atoms with van der Waals surface area (Å²) in [7, 11) is 0. The number of nitrogens with zero attached hydrogens (tertiary/aromatic N) is 3. The van der Waals surface area contributed by atoms with Crippen LogP contribution in [0.25, 0.3) is 22.3 Å². The normalized spacial score (nSPS) is 14.2. The van der Waals surface area contributed by atoms with Gasteiger partial charge in [0.25, 0.3) is 0 Å². The van der Waals surface area contributed by atoms with E-state index in [0.29, 0.717) is 5.82 Å². The standard InChI is InChI=1S/C20H19N5/c1-13-11-22-14(2)10-17(13)23-20-16-8-9-21-12-18(16)24-19(25-20)15-6-4-3-5-7-15/h3-10,12,22H,11H2,1-2H3,(H,23,24,25). The Bertz CT molecular complexity index is 989. The molecule has 0 aliphatic carbocycles. The first-order valence-electron chi connectivity index (χ1n) is 8.27. The quantitative estimate of drug-likeness (QED) is 0.763. The predicted octanol–water partition coefficient (Wildman–Crippen LogP) is 3.88. The van der Waals surface area contributed by atoms with Crippen LogP contribution in [0.15, 0.2) is 71.8 Å². The minimum atomic E-state index is 0.691. The molecule has 124 valence electrons. The molecule has 0 spiro atoms. The van der Waals surface area contributed by atoms with Crippen LogP contribution < -0.4 is 10.6 Å². The number of fused-ring (bicyclic) bond motifs is 1. The Hall–Kier alpha value is -3.21. The summed E-state index contributed by atoms with van der Waals surface area (Å²) < 4.78 is 0. The molecule has 25 heavy (non-hydrogen) atoms. The van der Waals surface area contributed by atoms with Crippen molar-refractivity contribution in [1.82, 2.24) is 20.3 Å². The number of pyridine rings is 1. The molecule has 1 aliphatic rings. The van der Waals surface area contributed by atoms with E-state index in [4.69, 9.17) is 4.98 Å². The fourth-order valence-electron chi connectivity index (χ4n) is 2.82. The first kappa shape index (κ1) is 15.3. The second kappa shape index (κ2) is 6.36. The van der Waals surface area contributed by atoms with Gasteiger partial charge < -0.3 is 10.6 Å². The van der Waals surface area contributed by atoms with E-state index in [2.05, 4.69) is 40.5 Å². The van der Waals surface area contributed by atoms with Crippen molar-refractivity contribution in [3.8, 4) is 11.4 Å². The third kappa shape index (κ3) is 3.08. The topological polar surface area (TPSA) is 62.7 Å². The third-order valence-corrected chi connectivity index (χ3v) is 4.24. The van der Waals surface area contributed by atoms with Gasteiger partial charge in [-0.25, -0.2) is 9.97 Å². The highest BCUT2D eigenvalue weighted by Crippen LogP contribution is 2.26. The number of allylic oxidation sites excluding steroid dienone is 2. The molecule has 0 saturated heterocycles. The summed E-state index contributed by atoms with van der Waals surface area (Å²) in [6, 6.07) is 11.9. The Morgan fingerprint density at radius 2 is 1.88 bits per heavy atom. The molecule has 2 aromatic heterocycles. The number of aromatic nitrogens is 3. The summed E-state index contributed by atoms with van der Waals surface area (Å²) in [6.07, 6.45) is 5.65. The van der Waals surface area contributed by atoms with Crippen molar-refractivity contribution in [2.24, 2.45) is 0 Å². The minimum Gasteiger partial charge on any atom is -0.385 e. The molecule has 1 aromatic carbocycles. The van der Waals surface area contributed by atoms with Gasteiger partial charge in [-0.15, -0.1) is 0 Å². The van der Waals surface area contributed by atoms with E-state index in [1.165, 1.54) is 5.57 Å². The van der Waals surface area contributed by atoms with Crippen molar-refractivity contribution in [1.29, 1.82) is 0 Å². The maximum absolute atomic E-state index is 4.79. The van der Waals surface area contributed by atoms with E-state index in [1.54, 1.807) is 12.4 Å². The van der Waals surface area contributed by atoms with Gasteiger partial charge in [0.2, 0.25) is 0 Å². The zero-order chi connectivity index (χ0) is 17.2. The van der Waals surface area contributed by atoms with Gasteiger partial charge in [-0.2, -0.15) is 0 Å². The Balaban J connectivity index is 1.85. The number of nitrogens with one attached hydrogen (secondary N) is 2. The lowest BCUT2D eigenvalue weighted by molar-refractivity contribution is 0.840. The van der Waals surface area contributed by atoms with Crippen LogP contribution in [0, 0.1) is 0 Å². The van der Waals surface area contributed by atoms with Gasteiger partial charge in [-0.3, -0.25) is 4.98 Å². The summed E-state index contributed by atoms with van der Waals surface area (Å²) in [6.45, 7) is 5.01. The van der Waals surface area contributed by atoms with E-state index in [0.717, 1.165) is 40.2 Å². The summed E-state index contributed by atoms with van der Waals surface area (Å²) >= 11 is 0. The average molecular weight is 329 g/mol. The molecule has 0 atom stereocenters. The van der Waals surface area contributed by atoms with Crippen molar-refractivity contribution in [2.75, 3.05) is 11.9 Å². The molecule has 4 rings (SSSR count). The third-order valence-electron chi connectivity index (χ3n) is 4.24. The highest BCUT2D eigenvalue weighted by atomic mass is 15.1. The van der Waals surface area contributed by atoms with Crippen LogP contribution in [-0.4, -0.2) is 21.5 Å². The molecule has 0 amide bonds. The lowest BCUT2D eigenvalue weighted by Crippen LogP contribution is -2.21. The molecule has 5 nitrogen and oxygen atoms in total. The molecule has 1 aliphatic heterocycles. The summed E-state index contributed by atoms with van der Waals surface area (Å²) in [5.41, 5.74) is 5.27.